The first-order valence-electron chi connectivity index (χ1n) is 6.41. The van der Waals surface area contributed by atoms with Gasteiger partial charge in [0, 0.05) is 7.11 Å². The van der Waals surface area contributed by atoms with Crippen molar-refractivity contribution in [3.8, 4) is 11.8 Å². The third-order valence-electron chi connectivity index (χ3n) is 3.06. The SMILES string of the molecule is COCc1ccccc1C(O)c1ncc(OC)nc1OC. The van der Waals surface area contributed by atoms with Crippen molar-refractivity contribution < 1.29 is 19.3 Å². The molecule has 1 N–H and O–H groups in total. The average molecular weight is 290 g/mol. The summed E-state index contributed by atoms with van der Waals surface area (Å²) in [5.74, 6) is 0.557. The molecule has 0 spiro atoms. The first-order valence-corrected chi connectivity index (χ1v) is 6.41. The Labute approximate surface area is 123 Å². The van der Waals surface area contributed by atoms with E-state index < -0.39 is 6.10 Å². The van der Waals surface area contributed by atoms with Gasteiger partial charge >= 0.3 is 0 Å². The fourth-order valence-electron chi connectivity index (χ4n) is 2.04. The van der Waals surface area contributed by atoms with Crippen LogP contribution in [0.1, 0.15) is 22.9 Å². The van der Waals surface area contributed by atoms with Gasteiger partial charge in [0.15, 0.2) is 0 Å². The molecule has 1 unspecified atom stereocenters. The van der Waals surface area contributed by atoms with Crippen molar-refractivity contribution in [1.82, 2.24) is 9.97 Å². The van der Waals surface area contributed by atoms with Crippen LogP contribution in [0.4, 0.5) is 0 Å². The molecule has 1 heterocycles. The highest BCUT2D eigenvalue weighted by atomic mass is 16.5. The van der Waals surface area contributed by atoms with Gasteiger partial charge < -0.3 is 19.3 Å². The Balaban J connectivity index is 2.42. The molecular weight excluding hydrogens is 272 g/mol. The number of ether oxygens (including phenoxy) is 3. The number of benzene rings is 1. The van der Waals surface area contributed by atoms with Crippen molar-refractivity contribution in [3.63, 3.8) is 0 Å². The number of nitrogens with zero attached hydrogens (tertiary/aromatic N) is 2. The fourth-order valence-corrected chi connectivity index (χ4v) is 2.04. The highest BCUT2D eigenvalue weighted by Crippen LogP contribution is 2.30. The number of aliphatic hydroxyl groups is 1. The molecule has 112 valence electrons. The van der Waals surface area contributed by atoms with E-state index in [2.05, 4.69) is 9.97 Å². The van der Waals surface area contributed by atoms with E-state index in [1.807, 2.05) is 24.3 Å². The monoisotopic (exact) mass is 290 g/mol. The zero-order valence-electron chi connectivity index (χ0n) is 12.2. The van der Waals surface area contributed by atoms with Crippen LogP contribution in [0.3, 0.4) is 0 Å². The van der Waals surface area contributed by atoms with Crippen LogP contribution in [0.25, 0.3) is 0 Å². The first-order chi connectivity index (χ1) is 10.2. The van der Waals surface area contributed by atoms with Gasteiger partial charge in [-0.15, -0.1) is 0 Å². The molecule has 21 heavy (non-hydrogen) atoms. The molecule has 0 amide bonds. The van der Waals surface area contributed by atoms with Crippen LogP contribution >= 0.6 is 0 Å². The first kappa shape index (κ1) is 15.2. The number of hydrogen-bond acceptors (Lipinski definition) is 6. The number of aliphatic hydroxyl groups excluding tert-OH is 1. The van der Waals surface area contributed by atoms with Gasteiger partial charge in [-0.25, -0.2) is 4.98 Å². The van der Waals surface area contributed by atoms with E-state index in [0.29, 0.717) is 23.7 Å². The third kappa shape index (κ3) is 3.29. The van der Waals surface area contributed by atoms with Crippen molar-refractivity contribution in [2.24, 2.45) is 0 Å². The Bertz CT molecular complexity index is 604. The molecule has 0 aliphatic carbocycles. The van der Waals surface area contributed by atoms with E-state index in [9.17, 15) is 5.11 Å². The number of aromatic nitrogens is 2. The molecule has 0 radical (unpaired) electrons. The summed E-state index contributed by atoms with van der Waals surface area (Å²) >= 11 is 0. The highest BCUT2D eigenvalue weighted by molar-refractivity contribution is 5.37. The second-order valence-corrected chi connectivity index (χ2v) is 4.34. The van der Waals surface area contributed by atoms with E-state index in [1.165, 1.54) is 20.4 Å². The minimum Gasteiger partial charge on any atom is -0.480 e. The van der Waals surface area contributed by atoms with Gasteiger partial charge in [-0.2, -0.15) is 4.98 Å². The second kappa shape index (κ2) is 7.01. The van der Waals surface area contributed by atoms with E-state index in [0.717, 1.165) is 5.56 Å². The molecule has 0 aliphatic rings. The molecule has 0 bridgehead atoms. The minimum absolute atomic E-state index is 0.231. The lowest BCUT2D eigenvalue weighted by Gasteiger charge is -2.16. The van der Waals surface area contributed by atoms with Crippen molar-refractivity contribution in [3.05, 3.63) is 47.3 Å². The lowest BCUT2D eigenvalue weighted by atomic mass is 10.0. The fraction of sp³-hybridized carbons (Fsp3) is 0.333. The summed E-state index contributed by atoms with van der Waals surface area (Å²) in [4.78, 5) is 8.33. The van der Waals surface area contributed by atoms with Gasteiger partial charge in [-0.05, 0) is 11.1 Å². The van der Waals surface area contributed by atoms with Crippen LogP contribution in [0.15, 0.2) is 30.5 Å². The largest absolute Gasteiger partial charge is 0.480 e. The molecule has 1 aromatic carbocycles. The van der Waals surface area contributed by atoms with Gasteiger partial charge in [-0.3, -0.25) is 0 Å². The van der Waals surface area contributed by atoms with Gasteiger partial charge in [0.05, 0.1) is 27.0 Å². The Morgan fingerprint density at radius 1 is 1.14 bits per heavy atom. The topological polar surface area (TPSA) is 73.7 Å². The van der Waals surface area contributed by atoms with E-state index in [1.54, 1.807) is 7.11 Å². The second-order valence-electron chi connectivity index (χ2n) is 4.34. The maximum absolute atomic E-state index is 10.6. The van der Waals surface area contributed by atoms with Crippen molar-refractivity contribution in [2.45, 2.75) is 12.7 Å². The zero-order valence-corrected chi connectivity index (χ0v) is 12.2. The molecule has 6 heteroatoms. The summed E-state index contributed by atoms with van der Waals surface area (Å²) in [6, 6.07) is 7.46. The summed E-state index contributed by atoms with van der Waals surface area (Å²) in [6.45, 7) is 0.402. The Morgan fingerprint density at radius 3 is 2.57 bits per heavy atom. The molecule has 1 aromatic heterocycles. The molecular formula is C15H18N2O4. The molecule has 2 aromatic rings. The maximum atomic E-state index is 10.6. The number of hydrogen-bond donors (Lipinski definition) is 1. The Hall–Kier alpha value is -2.18. The van der Waals surface area contributed by atoms with Crippen LogP contribution in [0, 0.1) is 0 Å². The zero-order chi connectivity index (χ0) is 15.2. The molecule has 0 fully saturated rings. The predicted molar refractivity (Wildman–Crippen MR) is 76.4 cm³/mol. The standard InChI is InChI=1S/C15H18N2O4/c1-19-9-10-6-4-5-7-11(10)14(18)13-15(21-3)17-12(20-2)8-16-13/h4-8,14,18H,9H2,1-3H3. The summed E-state index contributed by atoms with van der Waals surface area (Å²) in [5.41, 5.74) is 1.92. The van der Waals surface area contributed by atoms with Gasteiger partial charge in [-0.1, -0.05) is 24.3 Å². The van der Waals surface area contributed by atoms with Crippen LogP contribution < -0.4 is 9.47 Å². The normalized spacial score (nSPS) is 12.0. The Morgan fingerprint density at radius 2 is 1.90 bits per heavy atom. The summed E-state index contributed by atoms with van der Waals surface area (Å²) in [7, 11) is 4.57. The van der Waals surface area contributed by atoms with E-state index in [-0.39, 0.29) is 5.88 Å². The van der Waals surface area contributed by atoms with Crippen molar-refractivity contribution in [1.29, 1.82) is 0 Å². The lowest BCUT2D eigenvalue weighted by Crippen LogP contribution is -2.09. The van der Waals surface area contributed by atoms with Crippen molar-refractivity contribution >= 4 is 0 Å². The predicted octanol–water partition coefficient (Wildman–Crippen LogP) is 1.72. The number of rotatable bonds is 6. The van der Waals surface area contributed by atoms with Gasteiger partial charge in [0.2, 0.25) is 11.8 Å². The average Bonchev–Trinajstić information content (AvgIpc) is 2.54. The third-order valence-corrected chi connectivity index (χ3v) is 3.06. The van der Waals surface area contributed by atoms with Gasteiger partial charge in [0.25, 0.3) is 0 Å². The Kier molecular flexibility index (Phi) is 5.08. The van der Waals surface area contributed by atoms with E-state index >= 15 is 0 Å². The quantitative estimate of drug-likeness (QED) is 0.873. The van der Waals surface area contributed by atoms with Crippen LogP contribution in [0.5, 0.6) is 11.8 Å². The summed E-state index contributed by atoms with van der Waals surface area (Å²) < 4.78 is 15.3. The highest BCUT2D eigenvalue weighted by Gasteiger charge is 2.21. The van der Waals surface area contributed by atoms with Crippen LogP contribution in [0.2, 0.25) is 0 Å². The maximum Gasteiger partial charge on any atom is 0.241 e. The molecule has 1 atom stereocenters. The summed E-state index contributed by atoms with van der Waals surface area (Å²) in [5, 5.41) is 10.6. The van der Waals surface area contributed by atoms with Gasteiger partial charge in [0.1, 0.15) is 11.8 Å². The molecule has 0 saturated carbocycles. The lowest BCUT2D eigenvalue weighted by molar-refractivity contribution is 0.173. The van der Waals surface area contributed by atoms with Crippen LogP contribution in [-0.4, -0.2) is 36.4 Å². The molecule has 6 nitrogen and oxygen atoms in total. The minimum atomic E-state index is -0.954. The van der Waals surface area contributed by atoms with E-state index in [4.69, 9.17) is 14.2 Å². The number of methoxy groups -OCH3 is 3. The smallest absolute Gasteiger partial charge is 0.241 e. The molecule has 0 saturated heterocycles. The summed E-state index contributed by atoms with van der Waals surface area (Å²) in [6.07, 6.45) is 0.490. The van der Waals surface area contributed by atoms with Crippen LogP contribution in [-0.2, 0) is 11.3 Å². The molecule has 2 rings (SSSR count). The van der Waals surface area contributed by atoms with Crippen molar-refractivity contribution in [2.75, 3.05) is 21.3 Å². The molecule has 0 aliphatic heterocycles.